The summed E-state index contributed by atoms with van der Waals surface area (Å²) in [6.45, 7) is 7.79. The van der Waals surface area contributed by atoms with E-state index in [0.29, 0.717) is 10.9 Å². The first-order valence-corrected chi connectivity index (χ1v) is 16.1. The Labute approximate surface area is 263 Å². The van der Waals surface area contributed by atoms with Crippen LogP contribution in [0.5, 0.6) is 6.01 Å². The molecule has 1 aliphatic heterocycles. The maximum absolute atomic E-state index is 14.2. The fourth-order valence-corrected chi connectivity index (χ4v) is 7.13. The van der Waals surface area contributed by atoms with Crippen LogP contribution in [0.3, 0.4) is 0 Å². The highest BCUT2D eigenvalue weighted by Gasteiger charge is 2.46. The van der Waals surface area contributed by atoms with Gasteiger partial charge >= 0.3 is 12.1 Å². The molecule has 2 saturated carbocycles. The van der Waals surface area contributed by atoms with E-state index >= 15 is 0 Å². The first-order chi connectivity index (χ1) is 21.8. The monoisotopic (exact) mass is 620 g/mol. The molecule has 5 rings (SSSR count). The summed E-state index contributed by atoms with van der Waals surface area (Å²) in [6.07, 6.45) is 10.2. The summed E-state index contributed by atoms with van der Waals surface area (Å²) in [4.78, 5) is 59.7. The van der Waals surface area contributed by atoms with Gasteiger partial charge in [0.15, 0.2) is 0 Å². The van der Waals surface area contributed by atoms with Gasteiger partial charge in [-0.05, 0) is 68.9 Å². The van der Waals surface area contributed by atoms with E-state index < -0.39 is 30.3 Å². The Morgan fingerprint density at radius 1 is 1.09 bits per heavy atom. The summed E-state index contributed by atoms with van der Waals surface area (Å²) >= 11 is 0. The molecule has 2 heterocycles. The number of nitrogens with one attached hydrogen (secondary N) is 1. The van der Waals surface area contributed by atoms with Gasteiger partial charge in [0.25, 0.3) is 11.6 Å². The van der Waals surface area contributed by atoms with Crippen molar-refractivity contribution >= 4 is 28.9 Å². The molecular weight excluding hydrogens is 576 g/mol. The van der Waals surface area contributed by atoms with Crippen molar-refractivity contribution < 1.29 is 28.6 Å². The van der Waals surface area contributed by atoms with E-state index in [-0.39, 0.29) is 54.9 Å². The Morgan fingerprint density at radius 2 is 1.87 bits per heavy atom. The number of rotatable bonds is 12. The fourth-order valence-electron chi connectivity index (χ4n) is 7.13. The molecule has 0 unspecified atom stereocenters. The van der Waals surface area contributed by atoms with Gasteiger partial charge in [-0.1, -0.05) is 37.1 Å². The largest absolute Gasteiger partial charge is 0.467 e. The lowest BCUT2D eigenvalue weighted by Gasteiger charge is -2.31. The zero-order chi connectivity index (χ0) is 31.9. The molecule has 5 atom stereocenters. The predicted molar refractivity (Wildman–Crippen MR) is 169 cm³/mol. The van der Waals surface area contributed by atoms with E-state index in [2.05, 4.69) is 23.5 Å². The molecule has 11 heteroatoms. The van der Waals surface area contributed by atoms with E-state index in [9.17, 15) is 19.2 Å². The van der Waals surface area contributed by atoms with Gasteiger partial charge in [-0.25, -0.2) is 9.59 Å². The molecule has 11 nitrogen and oxygen atoms in total. The summed E-state index contributed by atoms with van der Waals surface area (Å²) in [5, 5.41) is 3.35. The van der Waals surface area contributed by atoms with E-state index in [1.165, 1.54) is 16.6 Å². The fraction of sp³-hybridized carbons (Fsp3) is 0.559. The SMILES string of the molecule is C=CCC[C@@H]1CCC[C@H]1OC(=O)N[C@H](C(=O)N1C[C@H](Oc2nc3ccccc3c(=O)n2CC=C)C[C@H]1C(=O)OC)C1CCCC1. The maximum atomic E-state index is 14.2. The van der Waals surface area contributed by atoms with Crippen LogP contribution < -0.4 is 15.6 Å². The molecule has 0 bridgehead atoms. The van der Waals surface area contributed by atoms with Crippen molar-refractivity contribution in [2.24, 2.45) is 11.8 Å². The smallest absolute Gasteiger partial charge is 0.408 e. The minimum atomic E-state index is -0.924. The molecule has 1 N–H and O–H groups in total. The second-order valence-corrected chi connectivity index (χ2v) is 12.3. The van der Waals surface area contributed by atoms with Gasteiger partial charge in [-0.2, -0.15) is 4.98 Å². The Bertz CT molecular complexity index is 1470. The molecule has 0 spiro atoms. The van der Waals surface area contributed by atoms with Crippen LogP contribution in [-0.4, -0.2) is 70.4 Å². The predicted octanol–water partition coefficient (Wildman–Crippen LogP) is 4.52. The third kappa shape index (κ3) is 7.23. The topological polar surface area (TPSA) is 129 Å². The number of carbonyl (C=O) groups excluding carboxylic acids is 3. The average Bonchev–Trinajstić information content (AvgIpc) is 3.82. The number of alkyl carbamates (subject to hydrolysis) is 1. The van der Waals surface area contributed by atoms with E-state index in [4.69, 9.17) is 14.2 Å². The van der Waals surface area contributed by atoms with E-state index in [1.807, 2.05) is 6.08 Å². The van der Waals surface area contributed by atoms with Crippen LogP contribution in [0.2, 0.25) is 0 Å². The molecule has 3 fully saturated rings. The number of likely N-dealkylation sites (tertiary alicyclic amines) is 1. The number of allylic oxidation sites excluding steroid dienone is 2. The molecule has 242 valence electrons. The molecule has 1 aromatic heterocycles. The van der Waals surface area contributed by atoms with Crippen molar-refractivity contribution in [3.63, 3.8) is 0 Å². The number of esters is 1. The van der Waals surface area contributed by atoms with Crippen molar-refractivity contribution in [1.82, 2.24) is 19.8 Å². The average molecular weight is 621 g/mol. The van der Waals surface area contributed by atoms with E-state index in [0.717, 1.165) is 57.8 Å². The van der Waals surface area contributed by atoms with Gasteiger partial charge in [0, 0.05) is 13.0 Å². The van der Waals surface area contributed by atoms with Crippen LogP contribution >= 0.6 is 0 Å². The van der Waals surface area contributed by atoms with Gasteiger partial charge in [-0.15, -0.1) is 13.2 Å². The summed E-state index contributed by atoms with van der Waals surface area (Å²) < 4.78 is 18.6. The molecule has 1 aromatic carbocycles. The maximum Gasteiger partial charge on any atom is 0.408 e. The lowest BCUT2D eigenvalue weighted by Crippen LogP contribution is -2.55. The van der Waals surface area contributed by atoms with Gasteiger partial charge in [0.2, 0.25) is 5.91 Å². The van der Waals surface area contributed by atoms with Gasteiger partial charge < -0.3 is 24.4 Å². The molecule has 2 amide bonds. The van der Waals surface area contributed by atoms with Crippen LogP contribution in [0.4, 0.5) is 4.79 Å². The Hall–Kier alpha value is -4.15. The van der Waals surface area contributed by atoms with Crippen LogP contribution in [0.25, 0.3) is 10.9 Å². The van der Waals surface area contributed by atoms with Crippen LogP contribution in [0.1, 0.15) is 64.2 Å². The Balaban J connectivity index is 1.35. The number of carbonyl (C=O) groups is 3. The number of nitrogens with zero attached hydrogens (tertiary/aromatic N) is 3. The Kier molecular flexibility index (Phi) is 10.6. The second-order valence-electron chi connectivity index (χ2n) is 12.3. The Morgan fingerprint density at radius 3 is 2.60 bits per heavy atom. The number of fused-ring (bicyclic) bond motifs is 1. The molecule has 45 heavy (non-hydrogen) atoms. The number of para-hydroxylation sites is 1. The highest BCUT2D eigenvalue weighted by molar-refractivity contribution is 5.90. The molecule has 3 aliphatic rings. The highest BCUT2D eigenvalue weighted by Crippen LogP contribution is 2.34. The van der Waals surface area contributed by atoms with Crippen molar-refractivity contribution in [3.8, 4) is 6.01 Å². The minimum absolute atomic E-state index is 0.0571. The first-order valence-electron chi connectivity index (χ1n) is 16.1. The number of aromatic nitrogens is 2. The van der Waals surface area contributed by atoms with Crippen LogP contribution in [0.15, 0.2) is 54.4 Å². The molecule has 2 aliphatic carbocycles. The van der Waals surface area contributed by atoms with Crippen LogP contribution in [0, 0.1) is 11.8 Å². The van der Waals surface area contributed by atoms with Gasteiger partial charge in [0.05, 0.1) is 24.6 Å². The van der Waals surface area contributed by atoms with E-state index in [1.54, 1.807) is 30.3 Å². The number of hydrogen-bond donors (Lipinski definition) is 1. The summed E-state index contributed by atoms with van der Waals surface area (Å²) in [5.41, 5.74) is 0.204. The minimum Gasteiger partial charge on any atom is -0.467 e. The zero-order valence-corrected chi connectivity index (χ0v) is 26.0. The summed E-state index contributed by atoms with van der Waals surface area (Å²) in [7, 11) is 1.28. The standard InChI is InChI=1S/C34H44N4O7/c1-4-6-12-22-15-11-18-28(22)45-34(42)36-29(23-13-7-8-14-23)31(40)38-21-24(20-27(38)32(41)43-3)44-33-35-26-17-10-9-16-25(26)30(39)37(33)19-5-2/h4-5,9-10,16-17,22-24,27-29H,1-2,6-8,11-15,18-21H2,3H3,(H,36,42)/t22-,24-,27+,28-,29+/m1/s1. The summed E-state index contributed by atoms with van der Waals surface area (Å²) in [6, 6.07) is 5.29. The molecule has 1 saturated heterocycles. The second kappa shape index (κ2) is 14.8. The molecule has 0 radical (unpaired) electrons. The number of amides is 2. The first kappa shape index (κ1) is 32.2. The third-order valence-electron chi connectivity index (χ3n) is 9.43. The third-order valence-corrected chi connectivity index (χ3v) is 9.43. The van der Waals surface area contributed by atoms with Gasteiger partial charge in [-0.3, -0.25) is 14.2 Å². The van der Waals surface area contributed by atoms with Crippen molar-refractivity contribution in [2.45, 2.75) is 95.0 Å². The van der Waals surface area contributed by atoms with Crippen molar-refractivity contribution in [3.05, 3.63) is 59.9 Å². The summed E-state index contributed by atoms with van der Waals surface area (Å²) in [5.74, 6) is -0.752. The number of ether oxygens (including phenoxy) is 3. The van der Waals surface area contributed by atoms with Crippen molar-refractivity contribution in [1.29, 1.82) is 0 Å². The number of hydrogen-bond acceptors (Lipinski definition) is 8. The molecule has 2 aromatic rings. The quantitative estimate of drug-likeness (QED) is 0.271. The zero-order valence-electron chi connectivity index (χ0n) is 26.0. The van der Waals surface area contributed by atoms with Gasteiger partial charge in [0.1, 0.15) is 24.3 Å². The molecular formula is C34H44N4O7. The highest BCUT2D eigenvalue weighted by atomic mass is 16.6. The lowest BCUT2D eigenvalue weighted by molar-refractivity contribution is -0.152. The number of methoxy groups -OCH3 is 1. The van der Waals surface area contributed by atoms with Crippen molar-refractivity contribution in [2.75, 3.05) is 13.7 Å². The lowest BCUT2D eigenvalue weighted by atomic mass is 9.96. The normalized spacial score (nSPS) is 23.9. The number of benzene rings is 1. The van der Waals surface area contributed by atoms with Crippen LogP contribution in [-0.2, 0) is 25.6 Å².